The molecule has 1 heterocycles. The van der Waals surface area contributed by atoms with E-state index in [4.69, 9.17) is 0 Å². The zero-order valence-corrected chi connectivity index (χ0v) is 9.29. The predicted molar refractivity (Wildman–Crippen MR) is 62.3 cm³/mol. The van der Waals surface area contributed by atoms with Gasteiger partial charge in [-0.05, 0) is 37.2 Å². The number of amides is 1. The summed E-state index contributed by atoms with van der Waals surface area (Å²) in [6.45, 7) is 0.773. The van der Waals surface area contributed by atoms with Gasteiger partial charge in [0.05, 0.1) is 12.5 Å². The summed E-state index contributed by atoms with van der Waals surface area (Å²) in [5.74, 6) is 0.0249. The molecule has 3 N–H and O–H groups in total. The van der Waals surface area contributed by atoms with Crippen LogP contribution in [-0.4, -0.2) is 24.6 Å². The van der Waals surface area contributed by atoms with Gasteiger partial charge in [-0.2, -0.15) is 0 Å². The molecule has 0 saturated heterocycles. The Hall–Kier alpha value is -1.39. The first-order chi connectivity index (χ1) is 7.70. The zero-order chi connectivity index (χ0) is 11.5. The van der Waals surface area contributed by atoms with Crippen LogP contribution in [-0.2, 0) is 11.2 Å². The van der Waals surface area contributed by atoms with Crippen LogP contribution < -0.4 is 10.6 Å². The molecule has 1 aromatic carbocycles. The van der Waals surface area contributed by atoms with Gasteiger partial charge in [-0.15, -0.1) is 0 Å². The van der Waals surface area contributed by atoms with Crippen LogP contribution in [0.4, 0.5) is 5.69 Å². The second kappa shape index (κ2) is 4.63. The topological polar surface area (TPSA) is 61.4 Å². The van der Waals surface area contributed by atoms with Crippen molar-refractivity contribution in [3.63, 3.8) is 0 Å². The van der Waals surface area contributed by atoms with E-state index in [2.05, 4.69) is 10.6 Å². The summed E-state index contributed by atoms with van der Waals surface area (Å²) in [4.78, 5) is 11.2. The van der Waals surface area contributed by atoms with E-state index < -0.39 is 6.10 Å². The summed E-state index contributed by atoms with van der Waals surface area (Å²) in [6, 6.07) is 5.64. The summed E-state index contributed by atoms with van der Waals surface area (Å²) in [5.41, 5.74) is 2.73. The first-order valence-electron chi connectivity index (χ1n) is 5.46. The van der Waals surface area contributed by atoms with Gasteiger partial charge in [0.25, 0.3) is 0 Å². The van der Waals surface area contributed by atoms with Gasteiger partial charge < -0.3 is 15.7 Å². The minimum atomic E-state index is -0.464. The Bertz CT molecular complexity index is 404. The first-order valence-corrected chi connectivity index (χ1v) is 5.46. The molecule has 1 atom stereocenters. The van der Waals surface area contributed by atoms with Gasteiger partial charge in [-0.25, -0.2) is 0 Å². The van der Waals surface area contributed by atoms with Crippen molar-refractivity contribution in [3.8, 4) is 0 Å². The average molecular weight is 220 g/mol. The summed E-state index contributed by atoms with van der Waals surface area (Å²) in [5, 5.41) is 15.7. The molecule has 1 amide bonds. The number of carbonyl (C=O) groups excluding carboxylic acids is 1. The maximum Gasteiger partial charge on any atom is 0.228 e. The van der Waals surface area contributed by atoms with Gasteiger partial charge in [0.1, 0.15) is 0 Å². The Balaban J connectivity index is 2.12. The summed E-state index contributed by atoms with van der Waals surface area (Å²) < 4.78 is 0. The number of hydrogen-bond donors (Lipinski definition) is 3. The SMILES string of the molecule is CNCCC(O)c1ccc2c(c1)CC(=O)N2. The molecule has 0 fully saturated rings. The molecule has 1 unspecified atom stereocenters. The lowest BCUT2D eigenvalue weighted by Gasteiger charge is -2.11. The van der Waals surface area contributed by atoms with E-state index in [0.717, 1.165) is 23.4 Å². The fourth-order valence-corrected chi connectivity index (χ4v) is 1.90. The third-order valence-corrected chi connectivity index (χ3v) is 2.81. The van der Waals surface area contributed by atoms with E-state index in [0.29, 0.717) is 12.8 Å². The summed E-state index contributed by atoms with van der Waals surface area (Å²) in [7, 11) is 1.86. The molecule has 0 aromatic heterocycles. The van der Waals surface area contributed by atoms with Gasteiger partial charge in [0, 0.05) is 5.69 Å². The molecule has 1 aliphatic rings. The summed E-state index contributed by atoms with van der Waals surface area (Å²) >= 11 is 0. The first kappa shape index (κ1) is 11.1. The normalized spacial score (nSPS) is 15.8. The standard InChI is InChI=1S/C12H16N2O2/c1-13-5-4-11(15)8-2-3-10-9(6-8)7-12(16)14-10/h2-3,6,11,13,15H,4-5,7H2,1H3,(H,14,16). The van der Waals surface area contributed by atoms with E-state index in [9.17, 15) is 9.90 Å². The van der Waals surface area contributed by atoms with Crippen molar-refractivity contribution in [1.82, 2.24) is 5.32 Å². The van der Waals surface area contributed by atoms with Crippen LogP contribution in [0.1, 0.15) is 23.7 Å². The second-order valence-corrected chi connectivity index (χ2v) is 4.05. The Morgan fingerprint density at radius 2 is 2.38 bits per heavy atom. The highest BCUT2D eigenvalue weighted by atomic mass is 16.3. The fourth-order valence-electron chi connectivity index (χ4n) is 1.90. The zero-order valence-electron chi connectivity index (χ0n) is 9.29. The smallest absolute Gasteiger partial charge is 0.228 e. The average Bonchev–Trinajstić information content (AvgIpc) is 2.64. The minimum absolute atomic E-state index is 0.0249. The number of aliphatic hydroxyl groups is 1. The molecule has 4 nitrogen and oxygen atoms in total. The van der Waals surface area contributed by atoms with Crippen molar-refractivity contribution in [3.05, 3.63) is 29.3 Å². The lowest BCUT2D eigenvalue weighted by molar-refractivity contribution is -0.115. The van der Waals surface area contributed by atoms with Gasteiger partial charge in [-0.3, -0.25) is 4.79 Å². The maximum atomic E-state index is 11.2. The van der Waals surface area contributed by atoms with Crippen molar-refractivity contribution >= 4 is 11.6 Å². The number of nitrogens with one attached hydrogen (secondary N) is 2. The van der Waals surface area contributed by atoms with Crippen LogP contribution in [0.5, 0.6) is 0 Å². The Kier molecular flexibility index (Phi) is 3.22. The molecule has 0 saturated carbocycles. The van der Waals surface area contributed by atoms with Gasteiger partial charge >= 0.3 is 0 Å². The fraction of sp³-hybridized carbons (Fsp3) is 0.417. The highest BCUT2D eigenvalue weighted by Gasteiger charge is 2.18. The Labute approximate surface area is 94.7 Å². The van der Waals surface area contributed by atoms with E-state index in [-0.39, 0.29) is 5.91 Å². The largest absolute Gasteiger partial charge is 0.388 e. The number of anilines is 1. The lowest BCUT2D eigenvalue weighted by atomic mass is 10.0. The second-order valence-electron chi connectivity index (χ2n) is 4.05. The quantitative estimate of drug-likeness (QED) is 0.704. The minimum Gasteiger partial charge on any atom is -0.388 e. The third-order valence-electron chi connectivity index (χ3n) is 2.81. The molecule has 0 radical (unpaired) electrons. The highest BCUT2D eigenvalue weighted by molar-refractivity contribution is 5.99. The van der Waals surface area contributed by atoms with E-state index in [1.54, 1.807) is 0 Å². The van der Waals surface area contributed by atoms with Gasteiger partial charge in [0.2, 0.25) is 5.91 Å². The van der Waals surface area contributed by atoms with Gasteiger partial charge in [-0.1, -0.05) is 12.1 Å². The summed E-state index contributed by atoms with van der Waals surface area (Å²) in [6.07, 6.45) is 0.631. The molecule has 16 heavy (non-hydrogen) atoms. The van der Waals surface area contributed by atoms with Crippen LogP contribution in [0.2, 0.25) is 0 Å². The van der Waals surface area contributed by atoms with Crippen molar-refractivity contribution in [2.75, 3.05) is 18.9 Å². The number of aliphatic hydroxyl groups excluding tert-OH is 1. The Morgan fingerprint density at radius 1 is 1.56 bits per heavy atom. The maximum absolute atomic E-state index is 11.2. The monoisotopic (exact) mass is 220 g/mol. The van der Waals surface area contributed by atoms with Crippen molar-refractivity contribution in [1.29, 1.82) is 0 Å². The van der Waals surface area contributed by atoms with E-state index in [1.807, 2.05) is 25.2 Å². The van der Waals surface area contributed by atoms with E-state index >= 15 is 0 Å². The molecule has 86 valence electrons. The number of benzene rings is 1. The predicted octanol–water partition coefficient (Wildman–Crippen LogP) is 0.824. The van der Waals surface area contributed by atoms with Gasteiger partial charge in [0.15, 0.2) is 0 Å². The molecule has 1 aliphatic heterocycles. The molecule has 1 aromatic rings. The van der Waals surface area contributed by atoms with Crippen molar-refractivity contribution in [2.45, 2.75) is 18.9 Å². The van der Waals surface area contributed by atoms with Crippen LogP contribution in [0.15, 0.2) is 18.2 Å². The third kappa shape index (κ3) is 2.23. The molecule has 2 rings (SSSR count). The molecule has 0 bridgehead atoms. The van der Waals surface area contributed by atoms with Crippen molar-refractivity contribution in [2.24, 2.45) is 0 Å². The van der Waals surface area contributed by atoms with Crippen LogP contribution in [0.25, 0.3) is 0 Å². The molecular weight excluding hydrogens is 204 g/mol. The Morgan fingerprint density at radius 3 is 3.12 bits per heavy atom. The highest BCUT2D eigenvalue weighted by Crippen LogP contribution is 2.27. The number of hydrogen-bond acceptors (Lipinski definition) is 3. The van der Waals surface area contributed by atoms with Crippen LogP contribution in [0.3, 0.4) is 0 Å². The molecule has 4 heteroatoms. The number of rotatable bonds is 4. The van der Waals surface area contributed by atoms with Crippen molar-refractivity contribution < 1.29 is 9.90 Å². The molecule has 0 aliphatic carbocycles. The number of carbonyl (C=O) groups is 1. The van der Waals surface area contributed by atoms with Crippen LogP contribution in [0, 0.1) is 0 Å². The molecular formula is C12H16N2O2. The molecule has 0 spiro atoms. The van der Waals surface area contributed by atoms with E-state index in [1.165, 1.54) is 0 Å². The number of fused-ring (bicyclic) bond motifs is 1. The van der Waals surface area contributed by atoms with Crippen LogP contribution >= 0.6 is 0 Å². The lowest BCUT2D eigenvalue weighted by Crippen LogP contribution is -2.12.